The number of unbranched alkanes of at least 4 members (excludes halogenated alkanes) is 1. The molecular formula is C6H11Cl2. The highest BCUT2D eigenvalue weighted by molar-refractivity contribution is 6.26. The van der Waals surface area contributed by atoms with Crippen molar-refractivity contribution in [2.24, 2.45) is 0 Å². The van der Waals surface area contributed by atoms with Gasteiger partial charge in [-0.3, -0.25) is 0 Å². The van der Waals surface area contributed by atoms with Crippen molar-refractivity contribution >= 4 is 23.2 Å². The average Bonchev–Trinajstić information content (AvgIpc) is 1.66. The lowest BCUT2D eigenvalue weighted by atomic mass is 10.2. The smallest absolute Gasteiger partial charge is 0.0607 e. The highest BCUT2D eigenvalue weighted by atomic mass is 35.5. The molecule has 0 atom stereocenters. The lowest BCUT2D eigenvalue weighted by Crippen LogP contribution is -1.81. The van der Waals surface area contributed by atoms with Crippen LogP contribution in [0.25, 0.3) is 0 Å². The van der Waals surface area contributed by atoms with Crippen LogP contribution in [0.5, 0.6) is 0 Å². The molecule has 0 aliphatic rings. The van der Waals surface area contributed by atoms with Gasteiger partial charge in [-0.05, 0) is 19.8 Å². The average molecular weight is 154 g/mol. The molecule has 0 saturated heterocycles. The Morgan fingerprint density at radius 1 is 1.38 bits per heavy atom. The van der Waals surface area contributed by atoms with Gasteiger partial charge in [-0.15, -0.1) is 23.2 Å². The van der Waals surface area contributed by atoms with Gasteiger partial charge in [0, 0.05) is 5.88 Å². The van der Waals surface area contributed by atoms with E-state index in [1.165, 1.54) is 0 Å². The second kappa shape index (κ2) is 5.71. The van der Waals surface area contributed by atoms with Crippen molar-refractivity contribution in [3.05, 3.63) is 5.38 Å². The zero-order valence-corrected chi connectivity index (χ0v) is 6.60. The Morgan fingerprint density at radius 2 is 2.00 bits per heavy atom. The first-order valence-electron chi connectivity index (χ1n) is 2.81. The highest BCUT2D eigenvalue weighted by Gasteiger charge is 1.94. The first-order chi connectivity index (χ1) is 3.77. The van der Waals surface area contributed by atoms with Crippen molar-refractivity contribution in [3.8, 4) is 0 Å². The molecule has 0 aliphatic heterocycles. The Kier molecular flexibility index (Phi) is 6.13. The third kappa shape index (κ3) is 6.58. The summed E-state index contributed by atoms with van der Waals surface area (Å²) in [6, 6.07) is 0. The molecule has 0 unspecified atom stereocenters. The molecule has 0 aromatic carbocycles. The summed E-state index contributed by atoms with van der Waals surface area (Å²) in [7, 11) is 0. The normalized spacial score (nSPS) is 10.5. The van der Waals surface area contributed by atoms with Crippen molar-refractivity contribution in [3.63, 3.8) is 0 Å². The fourth-order valence-corrected chi connectivity index (χ4v) is 0.786. The SMILES string of the molecule is C[C](Cl)CCCCCl. The molecular weight excluding hydrogens is 143 g/mol. The van der Waals surface area contributed by atoms with Gasteiger partial charge in [-0.1, -0.05) is 6.42 Å². The van der Waals surface area contributed by atoms with Crippen LogP contribution >= 0.6 is 23.2 Å². The van der Waals surface area contributed by atoms with E-state index in [1.54, 1.807) is 0 Å². The van der Waals surface area contributed by atoms with E-state index in [-0.39, 0.29) is 0 Å². The van der Waals surface area contributed by atoms with E-state index in [1.807, 2.05) is 6.92 Å². The van der Waals surface area contributed by atoms with E-state index in [0.29, 0.717) is 0 Å². The van der Waals surface area contributed by atoms with Crippen LogP contribution in [0.4, 0.5) is 0 Å². The van der Waals surface area contributed by atoms with Crippen LogP contribution in [0.15, 0.2) is 0 Å². The van der Waals surface area contributed by atoms with Crippen LogP contribution in [-0.2, 0) is 0 Å². The van der Waals surface area contributed by atoms with Gasteiger partial charge in [0.2, 0.25) is 0 Å². The summed E-state index contributed by atoms with van der Waals surface area (Å²) in [5.74, 6) is 0.754. The summed E-state index contributed by atoms with van der Waals surface area (Å²) in [5.41, 5.74) is 0. The predicted octanol–water partition coefficient (Wildman–Crippen LogP) is 3.19. The number of hydrogen-bond donors (Lipinski definition) is 0. The van der Waals surface area contributed by atoms with E-state index in [0.717, 1.165) is 30.5 Å². The number of halogens is 2. The Morgan fingerprint density at radius 3 is 2.38 bits per heavy atom. The molecule has 0 N–H and O–H groups in total. The minimum atomic E-state index is 0.754. The molecule has 0 aliphatic carbocycles. The van der Waals surface area contributed by atoms with Crippen LogP contribution in [0.1, 0.15) is 26.2 Å². The lowest BCUT2D eigenvalue weighted by Gasteiger charge is -1.97. The van der Waals surface area contributed by atoms with Gasteiger partial charge in [-0.2, -0.15) is 0 Å². The maximum Gasteiger partial charge on any atom is 0.0607 e. The van der Waals surface area contributed by atoms with Gasteiger partial charge in [0.25, 0.3) is 0 Å². The number of alkyl halides is 1. The third-order valence-electron chi connectivity index (χ3n) is 0.905. The highest BCUT2D eigenvalue weighted by Crippen LogP contribution is 2.13. The van der Waals surface area contributed by atoms with Gasteiger partial charge in [0.15, 0.2) is 0 Å². The minimum absolute atomic E-state index is 0.754. The Labute approximate surface area is 61.2 Å². The van der Waals surface area contributed by atoms with E-state index < -0.39 is 0 Å². The fraction of sp³-hybridized carbons (Fsp3) is 0.833. The van der Waals surface area contributed by atoms with Gasteiger partial charge in [0.05, 0.1) is 5.38 Å². The standard InChI is InChI=1S/C6H11Cl2/c1-6(8)4-2-3-5-7/h2-5H2,1H3. The largest absolute Gasteiger partial charge is 0.127 e. The molecule has 49 valence electrons. The van der Waals surface area contributed by atoms with Crippen LogP contribution < -0.4 is 0 Å². The molecule has 0 amide bonds. The Bertz CT molecular complexity index is 43.8. The summed E-state index contributed by atoms with van der Waals surface area (Å²) in [5, 5.41) is 0.982. The molecule has 2 heteroatoms. The molecule has 0 aromatic rings. The van der Waals surface area contributed by atoms with Crippen molar-refractivity contribution in [1.82, 2.24) is 0 Å². The van der Waals surface area contributed by atoms with Gasteiger partial charge >= 0.3 is 0 Å². The van der Waals surface area contributed by atoms with Crippen molar-refractivity contribution in [1.29, 1.82) is 0 Å². The second-order valence-corrected chi connectivity index (χ2v) is 2.85. The van der Waals surface area contributed by atoms with Crippen LogP contribution in [-0.4, -0.2) is 5.88 Å². The second-order valence-electron chi connectivity index (χ2n) is 1.82. The fourth-order valence-electron chi connectivity index (χ4n) is 0.463. The van der Waals surface area contributed by atoms with E-state index in [9.17, 15) is 0 Å². The quantitative estimate of drug-likeness (QED) is 0.430. The molecule has 0 nitrogen and oxygen atoms in total. The minimum Gasteiger partial charge on any atom is -0.127 e. The maximum atomic E-state index is 5.59. The van der Waals surface area contributed by atoms with E-state index >= 15 is 0 Å². The van der Waals surface area contributed by atoms with Crippen LogP contribution in [0, 0.1) is 5.38 Å². The topological polar surface area (TPSA) is 0 Å². The van der Waals surface area contributed by atoms with Gasteiger partial charge < -0.3 is 0 Å². The zero-order chi connectivity index (χ0) is 6.41. The van der Waals surface area contributed by atoms with Crippen LogP contribution in [0.3, 0.4) is 0 Å². The molecule has 0 rings (SSSR count). The zero-order valence-electron chi connectivity index (χ0n) is 5.08. The summed E-state index contributed by atoms with van der Waals surface area (Å²) in [6.45, 7) is 1.93. The van der Waals surface area contributed by atoms with Crippen molar-refractivity contribution < 1.29 is 0 Å². The predicted molar refractivity (Wildman–Crippen MR) is 39.3 cm³/mol. The van der Waals surface area contributed by atoms with E-state index in [2.05, 4.69) is 0 Å². The monoisotopic (exact) mass is 153 g/mol. The molecule has 0 saturated carbocycles. The summed E-state index contributed by atoms with van der Waals surface area (Å²) in [4.78, 5) is 0. The molecule has 0 spiro atoms. The first-order valence-corrected chi connectivity index (χ1v) is 3.72. The molecule has 0 heterocycles. The Hall–Kier alpha value is 0.580. The van der Waals surface area contributed by atoms with Gasteiger partial charge in [-0.25, -0.2) is 0 Å². The maximum absolute atomic E-state index is 5.59. The molecule has 0 aromatic heterocycles. The summed E-state index contributed by atoms with van der Waals surface area (Å²) in [6.07, 6.45) is 3.21. The Balaban J connectivity index is 2.72. The molecule has 0 fully saturated rings. The lowest BCUT2D eigenvalue weighted by molar-refractivity contribution is 0.773. The third-order valence-corrected chi connectivity index (χ3v) is 1.36. The molecule has 1 radical (unpaired) electrons. The number of rotatable bonds is 4. The summed E-state index contributed by atoms with van der Waals surface area (Å²) >= 11 is 11.0. The molecule has 0 bridgehead atoms. The summed E-state index contributed by atoms with van der Waals surface area (Å²) < 4.78 is 0. The van der Waals surface area contributed by atoms with Crippen molar-refractivity contribution in [2.45, 2.75) is 26.2 Å². The molecule has 8 heavy (non-hydrogen) atoms. The van der Waals surface area contributed by atoms with Crippen LogP contribution in [0.2, 0.25) is 0 Å². The first kappa shape index (κ1) is 8.58. The van der Waals surface area contributed by atoms with E-state index in [4.69, 9.17) is 23.2 Å². The van der Waals surface area contributed by atoms with Crippen molar-refractivity contribution in [2.75, 3.05) is 5.88 Å². The van der Waals surface area contributed by atoms with Gasteiger partial charge in [0.1, 0.15) is 0 Å². The number of hydrogen-bond acceptors (Lipinski definition) is 0.